The summed E-state index contributed by atoms with van der Waals surface area (Å²) in [6.45, 7) is 14.7. The molecule has 4 aliphatic carbocycles. The molecule has 4 saturated carbocycles. The van der Waals surface area contributed by atoms with E-state index in [2.05, 4.69) is 6.58 Å². The van der Waals surface area contributed by atoms with Crippen molar-refractivity contribution in [2.24, 2.45) is 22.7 Å². The highest BCUT2D eigenvalue weighted by molar-refractivity contribution is 5.68. The lowest BCUT2D eigenvalue weighted by atomic mass is 9.58. The van der Waals surface area contributed by atoms with Gasteiger partial charge in [0.2, 0.25) is 0 Å². The van der Waals surface area contributed by atoms with Crippen molar-refractivity contribution < 1.29 is 48.3 Å². The van der Waals surface area contributed by atoms with Gasteiger partial charge in [0.1, 0.15) is 29.5 Å². The quantitative estimate of drug-likeness (QED) is 0.312. The summed E-state index contributed by atoms with van der Waals surface area (Å²) in [5.74, 6) is -3.48. The first-order valence-electron chi connectivity index (χ1n) is 13.2. The molecule has 2 bridgehead atoms. The Morgan fingerprint density at radius 1 is 0.868 bits per heavy atom. The van der Waals surface area contributed by atoms with Crippen LogP contribution in [0.25, 0.3) is 0 Å². The van der Waals surface area contributed by atoms with Gasteiger partial charge in [-0.2, -0.15) is 0 Å². The van der Waals surface area contributed by atoms with E-state index in [9.17, 15) is 29.4 Å². The fraction of sp³-hybridized carbons (Fsp3) is 0.786. The van der Waals surface area contributed by atoms with Crippen molar-refractivity contribution in [3.05, 3.63) is 12.2 Å². The van der Waals surface area contributed by atoms with E-state index in [1.807, 2.05) is 0 Å². The van der Waals surface area contributed by atoms with Crippen LogP contribution in [0.4, 0.5) is 0 Å². The summed E-state index contributed by atoms with van der Waals surface area (Å²) in [7, 11) is 0. The molecule has 10 heteroatoms. The molecule has 0 aromatic carbocycles. The number of fused-ring (bicyclic) bond motifs is 2. The van der Waals surface area contributed by atoms with Crippen molar-refractivity contribution in [2.75, 3.05) is 0 Å². The van der Waals surface area contributed by atoms with E-state index in [-0.39, 0.29) is 25.7 Å². The minimum absolute atomic E-state index is 0.0867. The van der Waals surface area contributed by atoms with Gasteiger partial charge in [0.25, 0.3) is 0 Å². The van der Waals surface area contributed by atoms with E-state index >= 15 is 0 Å². The molecule has 0 aromatic heterocycles. The second-order valence-electron chi connectivity index (χ2n) is 12.5. The average Bonchev–Trinajstić information content (AvgIpc) is 3.02. The Balaban J connectivity index is 1.95. The van der Waals surface area contributed by atoms with Gasteiger partial charge in [-0.1, -0.05) is 20.4 Å². The zero-order chi connectivity index (χ0) is 28.6. The maximum Gasteiger partial charge on any atom is 0.303 e. The number of carbonyl (C=O) groups excluding carboxylic acids is 4. The van der Waals surface area contributed by atoms with Gasteiger partial charge < -0.3 is 29.2 Å². The fourth-order valence-corrected chi connectivity index (χ4v) is 8.61. The Bertz CT molecular complexity index is 1080. The molecular weight excluding hydrogens is 496 g/mol. The Labute approximate surface area is 223 Å². The van der Waals surface area contributed by atoms with Crippen LogP contribution in [0.15, 0.2) is 12.2 Å². The fourth-order valence-electron chi connectivity index (χ4n) is 8.61. The van der Waals surface area contributed by atoms with Crippen molar-refractivity contribution in [1.82, 2.24) is 0 Å². The highest BCUT2D eigenvalue weighted by Crippen LogP contribution is 2.71. The summed E-state index contributed by atoms with van der Waals surface area (Å²) in [5, 5.41) is 25.2. The number of hydrogen-bond acceptors (Lipinski definition) is 10. The summed E-state index contributed by atoms with van der Waals surface area (Å²) in [4.78, 5) is 48.9. The highest BCUT2D eigenvalue weighted by atomic mass is 16.6. The van der Waals surface area contributed by atoms with Crippen LogP contribution >= 0.6 is 0 Å². The monoisotopic (exact) mass is 536 g/mol. The maximum absolute atomic E-state index is 12.6. The second-order valence-corrected chi connectivity index (χ2v) is 12.5. The SMILES string of the molecule is C=C1[C@@H]2C[C@H](OC(C)=O)C(C)(C)[C@@]2(O)[C@@H](OC(C)=O)C[C@@]23C[C@@](C)(OC(C)=O)[C@@H](CC[C@@]12O)[C@@H]3OC(C)=O. The average molecular weight is 537 g/mol. The van der Waals surface area contributed by atoms with E-state index in [0.717, 1.165) is 0 Å². The maximum atomic E-state index is 12.6. The number of ether oxygens (including phenoxy) is 4. The van der Waals surface area contributed by atoms with E-state index in [1.165, 1.54) is 27.7 Å². The molecule has 0 heterocycles. The van der Waals surface area contributed by atoms with E-state index in [4.69, 9.17) is 18.9 Å². The molecule has 4 fully saturated rings. The van der Waals surface area contributed by atoms with Gasteiger partial charge in [0, 0.05) is 50.4 Å². The van der Waals surface area contributed by atoms with Crippen LogP contribution < -0.4 is 0 Å². The minimum Gasteiger partial charge on any atom is -0.462 e. The molecule has 0 unspecified atom stereocenters. The van der Waals surface area contributed by atoms with Crippen LogP contribution in [-0.4, -0.2) is 69.2 Å². The Hall–Kier alpha value is -2.46. The van der Waals surface area contributed by atoms with Crippen LogP contribution in [0, 0.1) is 22.7 Å². The van der Waals surface area contributed by atoms with E-state index < -0.39 is 81.7 Å². The van der Waals surface area contributed by atoms with Gasteiger partial charge in [0.05, 0.1) is 5.60 Å². The number of carbonyl (C=O) groups is 4. The van der Waals surface area contributed by atoms with Gasteiger partial charge in [-0.15, -0.1) is 0 Å². The number of esters is 4. The summed E-state index contributed by atoms with van der Waals surface area (Å²) < 4.78 is 23.2. The van der Waals surface area contributed by atoms with Crippen molar-refractivity contribution in [2.45, 2.75) is 116 Å². The van der Waals surface area contributed by atoms with Crippen molar-refractivity contribution >= 4 is 23.9 Å². The van der Waals surface area contributed by atoms with Crippen LogP contribution in [0.3, 0.4) is 0 Å². The minimum atomic E-state index is -1.78. The standard InChI is InChI=1S/C28H40O10/c1-14-20-11-21(35-15(2)29)24(6,7)28(20,34)22(36-16(3)30)12-26-13-25(8,38-18(5)32)19(9-10-27(14,26)33)23(26)37-17(4)31/h19-23,33-34H,1,9-13H2,2-8H3/t19-,20-,21-,22-,23-,25+,26-,27+,28-/m0/s1. The summed E-state index contributed by atoms with van der Waals surface area (Å²) >= 11 is 0. The molecule has 212 valence electrons. The molecule has 0 saturated heterocycles. The van der Waals surface area contributed by atoms with Crippen molar-refractivity contribution in [3.8, 4) is 0 Å². The first-order chi connectivity index (χ1) is 17.4. The lowest BCUT2D eigenvalue weighted by Crippen LogP contribution is -2.60. The van der Waals surface area contributed by atoms with E-state index in [0.29, 0.717) is 12.0 Å². The normalized spacial score (nSPS) is 44.8. The third kappa shape index (κ3) is 3.73. The van der Waals surface area contributed by atoms with E-state index in [1.54, 1.807) is 20.8 Å². The zero-order valence-electron chi connectivity index (χ0n) is 23.3. The smallest absolute Gasteiger partial charge is 0.303 e. The van der Waals surface area contributed by atoms with Gasteiger partial charge in [0.15, 0.2) is 0 Å². The number of aliphatic hydroxyl groups is 2. The van der Waals surface area contributed by atoms with Crippen LogP contribution in [-0.2, 0) is 38.1 Å². The number of rotatable bonds is 4. The Morgan fingerprint density at radius 2 is 1.42 bits per heavy atom. The second kappa shape index (κ2) is 8.78. The largest absolute Gasteiger partial charge is 0.462 e. The zero-order valence-corrected chi connectivity index (χ0v) is 23.3. The van der Waals surface area contributed by atoms with Gasteiger partial charge >= 0.3 is 23.9 Å². The predicted molar refractivity (Wildman–Crippen MR) is 132 cm³/mol. The van der Waals surface area contributed by atoms with Crippen LogP contribution in [0.2, 0.25) is 0 Å². The lowest BCUT2D eigenvalue weighted by molar-refractivity contribution is -0.211. The summed E-state index contributed by atoms with van der Waals surface area (Å²) in [6, 6.07) is 0. The molecule has 0 aromatic rings. The first kappa shape index (κ1) is 28.5. The molecule has 9 atom stereocenters. The molecular formula is C28H40O10. The summed E-state index contributed by atoms with van der Waals surface area (Å²) in [5.41, 5.74) is -6.63. The highest BCUT2D eigenvalue weighted by Gasteiger charge is 2.79. The molecule has 0 amide bonds. The first-order valence-corrected chi connectivity index (χ1v) is 13.2. The molecule has 1 spiro atoms. The third-order valence-corrected chi connectivity index (χ3v) is 10.1. The molecule has 4 rings (SSSR count). The molecule has 0 aliphatic heterocycles. The lowest BCUT2D eigenvalue weighted by Gasteiger charge is -2.52. The molecule has 38 heavy (non-hydrogen) atoms. The molecule has 10 nitrogen and oxygen atoms in total. The van der Waals surface area contributed by atoms with Gasteiger partial charge in [-0.3, -0.25) is 19.2 Å². The molecule has 4 aliphatic rings. The Morgan fingerprint density at radius 3 is 1.95 bits per heavy atom. The van der Waals surface area contributed by atoms with Crippen LogP contribution in [0.5, 0.6) is 0 Å². The van der Waals surface area contributed by atoms with Gasteiger partial charge in [-0.05, 0) is 44.6 Å². The Kier molecular flexibility index (Phi) is 6.59. The number of hydrogen-bond donors (Lipinski definition) is 2. The molecule has 0 radical (unpaired) electrons. The topological polar surface area (TPSA) is 146 Å². The molecule has 2 N–H and O–H groups in total. The van der Waals surface area contributed by atoms with Crippen molar-refractivity contribution in [1.29, 1.82) is 0 Å². The van der Waals surface area contributed by atoms with Gasteiger partial charge in [-0.25, -0.2) is 0 Å². The van der Waals surface area contributed by atoms with Crippen molar-refractivity contribution in [3.63, 3.8) is 0 Å². The third-order valence-electron chi connectivity index (χ3n) is 10.1. The summed E-state index contributed by atoms with van der Waals surface area (Å²) in [6.07, 6.45) is -2.07. The predicted octanol–water partition coefficient (Wildman–Crippen LogP) is 2.37. The van der Waals surface area contributed by atoms with Crippen LogP contribution in [0.1, 0.15) is 80.6 Å².